The van der Waals surface area contributed by atoms with Crippen molar-refractivity contribution in [2.45, 2.75) is 6.92 Å². The molecule has 0 saturated heterocycles. The highest BCUT2D eigenvalue weighted by Gasteiger charge is 2.30. The third-order valence-electron chi connectivity index (χ3n) is 4.16. The van der Waals surface area contributed by atoms with E-state index in [2.05, 4.69) is 9.98 Å². The molecule has 0 aliphatic carbocycles. The van der Waals surface area contributed by atoms with E-state index in [1.807, 2.05) is 0 Å². The number of nitrogens with zero attached hydrogens (tertiary/aromatic N) is 3. The molecule has 0 saturated carbocycles. The van der Waals surface area contributed by atoms with Gasteiger partial charge in [0.25, 0.3) is 11.6 Å². The predicted molar refractivity (Wildman–Crippen MR) is 104 cm³/mol. The molecule has 0 bridgehead atoms. The van der Waals surface area contributed by atoms with Crippen LogP contribution in [0.4, 0.5) is 5.69 Å². The average Bonchev–Trinajstić information content (AvgIpc) is 3.06. The number of rotatable bonds is 4. The number of amides is 1. The minimum absolute atomic E-state index is 0.0570. The molecule has 3 rings (SSSR count). The monoisotopic (exact) mass is 393 g/mol. The Kier molecular flexibility index (Phi) is 5.31. The minimum atomic E-state index is -0.776. The Labute approximate surface area is 164 Å². The first-order chi connectivity index (χ1) is 13.8. The number of methoxy groups -OCH3 is 1. The number of aliphatic hydroxyl groups excluding tert-OH is 1. The number of aliphatic imine (C=N–C) groups is 2. The lowest BCUT2D eigenvalue weighted by Gasteiger charge is -2.07. The Morgan fingerprint density at radius 3 is 2.28 bits per heavy atom. The highest BCUT2D eigenvalue weighted by atomic mass is 16.6. The maximum Gasteiger partial charge on any atom is 0.343 e. The van der Waals surface area contributed by atoms with Crippen LogP contribution in [-0.4, -0.2) is 40.6 Å². The molecule has 29 heavy (non-hydrogen) atoms. The van der Waals surface area contributed by atoms with Gasteiger partial charge in [0.05, 0.1) is 17.7 Å². The summed E-state index contributed by atoms with van der Waals surface area (Å²) in [5.74, 6) is -1.66. The van der Waals surface area contributed by atoms with Gasteiger partial charge in [-0.3, -0.25) is 14.9 Å². The first-order valence-electron chi connectivity index (χ1n) is 8.38. The van der Waals surface area contributed by atoms with Gasteiger partial charge in [-0.15, -0.1) is 0 Å². The van der Waals surface area contributed by atoms with Crippen LogP contribution in [0.2, 0.25) is 0 Å². The quantitative estimate of drug-likeness (QED) is 0.279. The number of hydrogen-bond acceptors (Lipinski definition) is 6. The molecular weight excluding hydrogens is 378 g/mol. The number of benzene rings is 2. The van der Waals surface area contributed by atoms with E-state index < -0.39 is 16.8 Å². The van der Waals surface area contributed by atoms with Crippen LogP contribution in [0, 0.1) is 10.1 Å². The van der Waals surface area contributed by atoms with Crippen molar-refractivity contribution >= 4 is 29.1 Å². The summed E-state index contributed by atoms with van der Waals surface area (Å²) in [6.45, 7) is 1.33. The number of nitro groups is 1. The molecule has 9 nitrogen and oxygen atoms in total. The van der Waals surface area contributed by atoms with E-state index in [0.717, 1.165) is 0 Å². The molecule has 0 aromatic heterocycles. The third-order valence-corrected chi connectivity index (χ3v) is 4.16. The fraction of sp³-hybridized carbons (Fsp3) is 0.100. The molecular formula is C20H15N3O6. The molecule has 2 aromatic rings. The number of allylic oxidation sites excluding steroid dienone is 1. The van der Waals surface area contributed by atoms with E-state index >= 15 is 0 Å². The number of fused-ring (bicyclic) bond motifs is 1. The van der Waals surface area contributed by atoms with Gasteiger partial charge in [-0.1, -0.05) is 24.3 Å². The van der Waals surface area contributed by atoms with Crippen molar-refractivity contribution in [2.75, 3.05) is 7.11 Å². The molecule has 146 valence electrons. The zero-order valence-electron chi connectivity index (χ0n) is 15.4. The minimum Gasteiger partial charge on any atom is -0.512 e. The fourth-order valence-electron chi connectivity index (χ4n) is 2.79. The Morgan fingerprint density at radius 1 is 1.10 bits per heavy atom. The second kappa shape index (κ2) is 7.85. The summed E-state index contributed by atoms with van der Waals surface area (Å²) in [4.78, 5) is 43.1. The van der Waals surface area contributed by atoms with Crippen molar-refractivity contribution < 1.29 is 24.4 Å². The number of esters is 1. The van der Waals surface area contributed by atoms with E-state index in [4.69, 9.17) is 4.74 Å². The zero-order valence-corrected chi connectivity index (χ0v) is 15.4. The van der Waals surface area contributed by atoms with Gasteiger partial charge in [0.15, 0.2) is 5.84 Å². The number of carbonyl (C=O) groups excluding carboxylic acids is 2. The average molecular weight is 393 g/mol. The van der Waals surface area contributed by atoms with Crippen molar-refractivity contribution in [3.63, 3.8) is 0 Å². The van der Waals surface area contributed by atoms with Gasteiger partial charge in [0, 0.05) is 28.8 Å². The second-order valence-corrected chi connectivity index (χ2v) is 6.00. The third kappa shape index (κ3) is 3.79. The number of nitro benzene ring substituents is 1. The largest absolute Gasteiger partial charge is 0.512 e. The zero-order chi connectivity index (χ0) is 21.1. The van der Waals surface area contributed by atoms with Crippen molar-refractivity contribution in [1.29, 1.82) is 0 Å². The molecule has 1 aliphatic rings. The number of aliphatic hydroxyl groups is 1. The van der Waals surface area contributed by atoms with Crippen LogP contribution in [0.25, 0.3) is 0 Å². The van der Waals surface area contributed by atoms with Crippen LogP contribution in [0.1, 0.15) is 28.4 Å². The molecule has 1 aliphatic heterocycles. The highest BCUT2D eigenvalue weighted by molar-refractivity contribution is 6.36. The summed E-state index contributed by atoms with van der Waals surface area (Å²) in [5, 5.41) is 20.7. The molecule has 0 spiro atoms. The van der Waals surface area contributed by atoms with Crippen molar-refractivity contribution in [3.8, 4) is 0 Å². The molecule has 1 N–H and O–H groups in total. The van der Waals surface area contributed by atoms with Gasteiger partial charge in [-0.2, -0.15) is 4.99 Å². The molecule has 0 atom stereocenters. The number of carbonyl (C=O) groups is 2. The lowest BCUT2D eigenvalue weighted by atomic mass is 9.99. The van der Waals surface area contributed by atoms with Crippen LogP contribution in [0.3, 0.4) is 0 Å². The van der Waals surface area contributed by atoms with Crippen molar-refractivity contribution in [3.05, 3.63) is 86.7 Å². The van der Waals surface area contributed by atoms with Crippen molar-refractivity contribution in [2.24, 2.45) is 9.98 Å². The first kappa shape index (κ1) is 19.6. The standard InChI is InChI=1S/C20H15N3O6/c1-11(24)16(20(26)29-2)17-14-5-3-4-6-15(14)18(21-17)22-19(25)12-7-9-13(10-8-12)23(27)28/h3-10,24H,1-2H3/b16-11-,22-18?. The maximum absolute atomic E-state index is 12.5. The molecule has 2 aromatic carbocycles. The van der Waals surface area contributed by atoms with E-state index in [9.17, 15) is 24.8 Å². The Bertz CT molecular complexity index is 1110. The summed E-state index contributed by atoms with van der Waals surface area (Å²) in [7, 11) is 1.18. The molecule has 0 radical (unpaired) electrons. The van der Waals surface area contributed by atoms with E-state index in [-0.39, 0.29) is 34.1 Å². The Morgan fingerprint density at radius 2 is 1.72 bits per heavy atom. The summed E-state index contributed by atoms with van der Waals surface area (Å²) in [5.41, 5.74) is 1.02. The Balaban J connectivity index is 2.06. The SMILES string of the molecule is COC(=O)/C(C1=NC(=NC(=O)c2ccc([N+](=O)[O-])cc2)c2ccccc21)=C(/C)O. The molecule has 0 unspecified atom stereocenters. The first-order valence-corrected chi connectivity index (χ1v) is 8.38. The van der Waals surface area contributed by atoms with Crippen molar-refractivity contribution in [1.82, 2.24) is 0 Å². The lowest BCUT2D eigenvalue weighted by molar-refractivity contribution is -0.384. The van der Waals surface area contributed by atoms with Crippen LogP contribution in [0.5, 0.6) is 0 Å². The maximum atomic E-state index is 12.5. The number of amidine groups is 1. The predicted octanol–water partition coefficient (Wildman–Crippen LogP) is 2.99. The number of non-ortho nitro benzene ring substituents is 1. The summed E-state index contributed by atoms with van der Waals surface area (Å²) in [6, 6.07) is 11.8. The summed E-state index contributed by atoms with van der Waals surface area (Å²) in [6.07, 6.45) is 0. The highest BCUT2D eigenvalue weighted by Crippen LogP contribution is 2.26. The Hall–Kier alpha value is -4.14. The molecule has 9 heteroatoms. The van der Waals surface area contributed by atoms with Crippen LogP contribution in [-0.2, 0) is 9.53 Å². The molecule has 1 amide bonds. The smallest absolute Gasteiger partial charge is 0.343 e. The van der Waals surface area contributed by atoms with E-state index in [1.54, 1.807) is 24.3 Å². The normalized spacial score (nSPS) is 14.7. The van der Waals surface area contributed by atoms with Gasteiger partial charge < -0.3 is 9.84 Å². The van der Waals surface area contributed by atoms with E-state index in [0.29, 0.717) is 11.1 Å². The second-order valence-electron chi connectivity index (χ2n) is 6.00. The summed E-state index contributed by atoms with van der Waals surface area (Å²) >= 11 is 0. The lowest BCUT2D eigenvalue weighted by Crippen LogP contribution is -2.16. The van der Waals surface area contributed by atoms with Gasteiger partial charge in [0.1, 0.15) is 11.3 Å². The van der Waals surface area contributed by atoms with E-state index in [1.165, 1.54) is 38.3 Å². The molecule has 0 fully saturated rings. The molecule has 1 heterocycles. The summed E-state index contributed by atoms with van der Waals surface area (Å²) < 4.78 is 4.72. The van der Waals surface area contributed by atoms with Gasteiger partial charge in [-0.25, -0.2) is 9.79 Å². The van der Waals surface area contributed by atoms with Gasteiger partial charge in [0.2, 0.25) is 0 Å². The number of hydrogen-bond donors (Lipinski definition) is 1. The van der Waals surface area contributed by atoms with Crippen LogP contribution in [0.15, 0.2) is 69.8 Å². The van der Waals surface area contributed by atoms with Gasteiger partial charge >= 0.3 is 5.97 Å². The topological polar surface area (TPSA) is 131 Å². The van der Waals surface area contributed by atoms with Crippen LogP contribution < -0.4 is 0 Å². The van der Waals surface area contributed by atoms with Gasteiger partial charge in [-0.05, 0) is 19.1 Å². The fourth-order valence-corrected chi connectivity index (χ4v) is 2.79. The van der Waals surface area contributed by atoms with Crippen LogP contribution >= 0.6 is 0 Å². The number of ether oxygens (including phenoxy) is 1.